The molecule has 0 spiro atoms. The summed E-state index contributed by atoms with van der Waals surface area (Å²) in [6.07, 6.45) is 0.701. The normalized spacial score (nSPS) is 11.4. The molecule has 0 aliphatic rings. The number of hydrogen-bond acceptors (Lipinski definition) is 3. The van der Waals surface area contributed by atoms with E-state index in [4.69, 9.17) is 0 Å². The molecule has 0 bridgehead atoms. The van der Waals surface area contributed by atoms with Gasteiger partial charge in [-0.25, -0.2) is 13.2 Å². The molecule has 0 N–H and O–H groups in total. The van der Waals surface area contributed by atoms with Gasteiger partial charge in [-0.15, -0.1) is 0 Å². The predicted octanol–water partition coefficient (Wildman–Crippen LogP) is 1.44. The summed E-state index contributed by atoms with van der Waals surface area (Å²) in [6.45, 7) is 0. The zero-order valence-electron chi connectivity index (χ0n) is 6.92. The smallest absolute Gasteiger partial charge is 0.306 e. The van der Waals surface area contributed by atoms with Gasteiger partial charge in [-0.3, -0.25) is 0 Å². The van der Waals surface area contributed by atoms with E-state index in [-0.39, 0.29) is 0 Å². The quantitative estimate of drug-likeness (QED) is 0.566. The van der Waals surface area contributed by atoms with Crippen molar-refractivity contribution in [1.29, 1.82) is 0 Å². The van der Waals surface area contributed by atoms with Gasteiger partial charge in [-0.2, -0.15) is 8.42 Å². The molecule has 1 aromatic carbocycles. The summed E-state index contributed by atoms with van der Waals surface area (Å²) < 4.78 is 62.7. The first-order chi connectivity index (χ1) is 6.29. The van der Waals surface area contributed by atoms with Crippen molar-refractivity contribution in [1.82, 2.24) is 0 Å². The van der Waals surface area contributed by atoms with E-state index in [1.54, 1.807) is 0 Å². The molecule has 14 heavy (non-hydrogen) atoms. The van der Waals surface area contributed by atoms with E-state index in [0.29, 0.717) is 18.4 Å². The molecule has 78 valence electrons. The lowest BCUT2D eigenvalue weighted by molar-refractivity contribution is 0.434. The highest BCUT2D eigenvalue weighted by Gasteiger charge is 2.13. The molecule has 1 rings (SSSR count). The summed E-state index contributed by atoms with van der Waals surface area (Å²) in [5.41, 5.74) is 0. The van der Waals surface area contributed by atoms with Crippen LogP contribution in [0.4, 0.5) is 13.2 Å². The number of benzene rings is 1. The first-order valence-corrected chi connectivity index (χ1v) is 5.15. The fourth-order valence-corrected chi connectivity index (χ4v) is 1.20. The van der Waals surface area contributed by atoms with E-state index in [1.165, 1.54) is 0 Å². The van der Waals surface area contributed by atoms with Crippen LogP contribution in [0, 0.1) is 17.5 Å². The van der Waals surface area contributed by atoms with E-state index in [0.717, 1.165) is 0 Å². The average Bonchev–Trinajstić information content (AvgIpc) is 1.96. The van der Waals surface area contributed by atoms with Crippen LogP contribution in [0.3, 0.4) is 0 Å². The Labute approximate surface area is 78.2 Å². The topological polar surface area (TPSA) is 43.4 Å². The monoisotopic (exact) mass is 226 g/mol. The Kier molecular flexibility index (Phi) is 2.70. The van der Waals surface area contributed by atoms with Crippen LogP contribution in [0.2, 0.25) is 0 Å². The second kappa shape index (κ2) is 3.49. The van der Waals surface area contributed by atoms with Crippen molar-refractivity contribution in [3.63, 3.8) is 0 Å². The van der Waals surface area contributed by atoms with Gasteiger partial charge in [-0.1, -0.05) is 0 Å². The minimum Gasteiger partial charge on any atom is -0.382 e. The SMILES string of the molecule is CS(=O)(=O)Oc1cc(F)c(F)c(F)c1. The summed E-state index contributed by atoms with van der Waals surface area (Å²) >= 11 is 0. The molecule has 0 heterocycles. The Morgan fingerprint density at radius 3 is 1.93 bits per heavy atom. The molecular formula is C7H5F3O3S. The van der Waals surface area contributed by atoms with Gasteiger partial charge in [0.15, 0.2) is 17.5 Å². The summed E-state index contributed by atoms with van der Waals surface area (Å²) in [6, 6.07) is 0.888. The van der Waals surface area contributed by atoms with E-state index in [2.05, 4.69) is 4.18 Å². The number of rotatable bonds is 2. The zero-order valence-corrected chi connectivity index (χ0v) is 7.74. The summed E-state index contributed by atoms with van der Waals surface area (Å²) in [7, 11) is -3.88. The van der Waals surface area contributed by atoms with E-state index in [9.17, 15) is 21.6 Å². The van der Waals surface area contributed by atoms with Gasteiger partial charge in [0.25, 0.3) is 0 Å². The third kappa shape index (κ3) is 2.63. The Morgan fingerprint density at radius 2 is 1.57 bits per heavy atom. The molecular weight excluding hydrogens is 221 g/mol. The highest BCUT2D eigenvalue weighted by molar-refractivity contribution is 7.86. The molecule has 0 atom stereocenters. The van der Waals surface area contributed by atoms with Crippen LogP contribution >= 0.6 is 0 Å². The van der Waals surface area contributed by atoms with Gasteiger partial charge in [0.2, 0.25) is 0 Å². The highest BCUT2D eigenvalue weighted by atomic mass is 32.2. The standard InChI is InChI=1S/C7H5F3O3S/c1-14(11,12)13-4-2-5(8)7(10)6(9)3-4/h2-3H,1H3. The Bertz CT molecular complexity index is 432. The van der Waals surface area contributed by atoms with Crippen molar-refractivity contribution in [2.75, 3.05) is 6.26 Å². The van der Waals surface area contributed by atoms with Crippen LogP contribution in [0.15, 0.2) is 12.1 Å². The van der Waals surface area contributed by atoms with Crippen molar-refractivity contribution < 1.29 is 25.8 Å². The minimum absolute atomic E-state index is 0.444. The van der Waals surface area contributed by atoms with Crippen molar-refractivity contribution in [2.24, 2.45) is 0 Å². The molecule has 0 aliphatic carbocycles. The van der Waals surface area contributed by atoms with Crippen LogP contribution in [-0.4, -0.2) is 14.7 Å². The van der Waals surface area contributed by atoms with Crippen LogP contribution < -0.4 is 4.18 Å². The first kappa shape index (κ1) is 10.8. The molecule has 7 heteroatoms. The number of halogens is 3. The Balaban J connectivity index is 3.14. The zero-order chi connectivity index (χ0) is 10.9. The van der Waals surface area contributed by atoms with E-state index < -0.39 is 33.3 Å². The largest absolute Gasteiger partial charge is 0.382 e. The molecule has 0 unspecified atom stereocenters. The molecule has 1 aromatic rings. The van der Waals surface area contributed by atoms with Gasteiger partial charge >= 0.3 is 10.1 Å². The molecule has 3 nitrogen and oxygen atoms in total. The Morgan fingerprint density at radius 1 is 1.14 bits per heavy atom. The third-order valence-electron chi connectivity index (χ3n) is 1.20. The maximum Gasteiger partial charge on any atom is 0.306 e. The van der Waals surface area contributed by atoms with Crippen LogP contribution in [0.25, 0.3) is 0 Å². The van der Waals surface area contributed by atoms with E-state index >= 15 is 0 Å². The molecule has 0 aliphatic heterocycles. The molecule has 0 aromatic heterocycles. The van der Waals surface area contributed by atoms with Crippen LogP contribution in [-0.2, 0) is 10.1 Å². The van der Waals surface area contributed by atoms with Crippen molar-refractivity contribution in [2.45, 2.75) is 0 Å². The molecule has 0 radical (unpaired) electrons. The molecule has 0 fully saturated rings. The predicted molar refractivity (Wildman–Crippen MR) is 41.8 cm³/mol. The van der Waals surface area contributed by atoms with Gasteiger partial charge in [0.1, 0.15) is 5.75 Å². The van der Waals surface area contributed by atoms with Crippen molar-refractivity contribution >= 4 is 10.1 Å². The molecule has 0 saturated carbocycles. The van der Waals surface area contributed by atoms with Gasteiger partial charge in [-0.05, 0) is 0 Å². The van der Waals surface area contributed by atoms with Gasteiger partial charge in [0, 0.05) is 12.1 Å². The van der Waals surface area contributed by atoms with E-state index in [1.807, 2.05) is 0 Å². The fraction of sp³-hybridized carbons (Fsp3) is 0.143. The Hall–Kier alpha value is -1.24. The fourth-order valence-electron chi connectivity index (χ4n) is 0.755. The lowest BCUT2D eigenvalue weighted by Crippen LogP contribution is -2.06. The van der Waals surface area contributed by atoms with Crippen molar-refractivity contribution in [3.8, 4) is 5.75 Å². The summed E-state index contributed by atoms with van der Waals surface area (Å²) in [5.74, 6) is -5.30. The second-order valence-electron chi connectivity index (χ2n) is 2.49. The minimum atomic E-state index is -3.88. The molecule has 0 amide bonds. The average molecular weight is 226 g/mol. The lowest BCUT2D eigenvalue weighted by Gasteiger charge is -2.03. The second-order valence-corrected chi connectivity index (χ2v) is 4.06. The summed E-state index contributed by atoms with van der Waals surface area (Å²) in [4.78, 5) is 0. The van der Waals surface area contributed by atoms with Crippen molar-refractivity contribution in [3.05, 3.63) is 29.6 Å². The summed E-state index contributed by atoms with van der Waals surface area (Å²) in [5, 5.41) is 0. The van der Waals surface area contributed by atoms with Gasteiger partial charge < -0.3 is 4.18 Å². The maximum absolute atomic E-state index is 12.5. The van der Waals surface area contributed by atoms with Crippen LogP contribution in [0.5, 0.6) is 5.75 Å². The molecule has 0 saturated heterocycles. The first-order valence-electron chi connectivity index (χ1n) is 3.33. The van der Waals surface area contributed by atoms with Crippen LogP contribution in [0.1, 0.15) is 0 Å². The lowest BCUT2D eigenvalue weighted by atomic mass is 10.3. The number of hydrogen-bond donors (Lipinski definition) is 0. The maximum atomic E-state index is 12.5. The highest BCUT2D eigenvalue weighted by Crippen LogP contribution is 2.20. The third-order valence-corrected chi connectivity index (χ3v) is 1.70. The van der Waals surface area contributed by atoms with Gasteiger partial charge in [0.05, 0.1) is 6.26 Å².